The van der Waals surface area contributed by atoms with Crippen LogP contribution in [0.4, 0.5) is 0 Å². The largest absolute Gasteiger partial charge is 0.351 e. The lowest BCUT2D eigenvalue weighted by molar-refractivity contribution is 0.536. The smallest absolute Gasteiger partial charge is 0.241 e. The van der Waals surface area contributed by atoms with E-state index in [0.29, 0.717) is 11.3 Å². The van der Waals surface area contributed by atoms with Crippen molar-refractivity contribution in [3.05, 3.63) is 64.8 Å². The molecule has 0 aliphatic rings. The van der Waals surface area contributed by atoms with Gasteiger partial charge in [-0.3, -0.25) is 0 Å². The van der Waals surface area contributed by atoms with Crippen molar-refractivity contribution >= 4 is 20.9 Å². The first kappa shape index (κ1) is 19.6. The molecule has 0 radical (unpaired) electrons. The lowest BCUT2D eigenvalue weighted by atomic mass is 10.0. The summed E-state index contributed by atoms with van der Waals surface area (Å²) in [7, 11) is -1.55. The summed E-state index contributed by atoms with van der Waals surface area (Å²) < 4.78 is 31.2. The van der Waals surface area contributed by atoms with E-state index < -0.39 is 10.0 Å². The van der Waals surface area contributed by atoms with E-state index in [0.717, 1.165) is 28.6 Å². The monoisotopic (exact) mass is 384 g/mol. The maximum atomic E-state index is 13.1. The first-order valence-corrected chi connectivity index (χ1v) is 10.8. The Morgan fingerprint density at radius 2 is 1.74 bits per heavy atom. The third kappa shape index (κ3) is 3.94. The molecule has 0 amide bonds. The average Bonchev–Trinajstić information content (AvgIpc) is 2.95. The summed E-state index contributed by atoms with van der Waals surface area (Å²) in [6.07, 6.45) is 3.44. The van der Waals surface area contributed by atoms with Crippen molar-refractivity contribution in [1.29, 1.82) is 0 Å². The quantitative estimate of drug-likeness (QED) is 0.685. The van der Waals surface area contributed by atoms with Gasteiger partial charge in [0, 0.05) is 30.2 Å². The number of fused-ring (bicyclic) bond motifs is 1. The fourth-order valence-corrected chi connectivity index (χ4v) is 5.72. The van der Waals surface area contributed by atoms with E-state index in [1.165, 1.54) is 10.9 Å². The summed E-state index contributed by atoms with van der Waals surface area (Å²) in [5.74, 6) is 0. The van der Waals surface area contributed by atoms with Crippen LogP contribution < -0.4 is 4.72 Å². The molecule has 0 bridgehead atoms. The lowest BCUT2D eigenvalue weighted by Crippen LogP contribution is -2.36. The lowest BCUT2D eigenvalue weighted by Gasteiger charge is -2.20. The highest BCUT2D eigenvalue weighted by atomic mass is 32.2. The minimum absolute atomic E-state index is 0.152. The van der Waals surface area contributed by atoms with Crippen LogP contribution in [0.1, 0.15) is 35.6 Å². The Balaban J connectivity index is 1.91. The van der Waals surface area contributed by atoms with Crippen LogP contribution in [0.15, 0.2) is 47.5 Å². The second-order valence-corrected chi connectivity index (χ2v) is 9.09. The molecule has 2 aromatic carbocycles. The van der Waals surface area contributed by atoms with Gasteiger partial charge in [0.05, 0.1) is 4.90 Å². The van der Waals surface area contributed by atoms with Gasteiger partial charge in [-0.2, -0.15) is 0 Å². The van der Waals surface area contributed by atoms with E-state index in [2.05, 4.69) is 27.5 Å². The summed E-state index contributed by atoms with van der Waals surface area (Å²) in [4.78, 5) is 0.407. The Morgan fingerprint density at radius 3 is 2.37 bits per heavy atom. The van der Waals surface area contributed by atoms with Crippen molar-refractivity contribution < 1.29 is 8.42 Å². The Labute approximate surface area is 162 Å². The highest BCUT2D eigenvalue weighted by Gasteiger charge is 2.23. The van der Waals surface area contributed by atoms with Gasteiger partial charge in [-0.15, -0.1) is 0 Å². The summed E-state index contributed by atoms with van der Waals surface area (Å²) in [5.41, 5.74) is 4.99. The number of aromatic nitrogens is 1. The zero-order valence-corrected chi connectivity index (χ0v) is 17.5. The molecule has 1 atom stereocenters. The fourth-order valence-electron chi connectivity index (χ4n) is 3.95. The number of nitrogens with zero attached hydrogens (tertiary/aromatic N) is 1. The molecule has 1 heterocycles. The molecular weight excluding hydrogens is 356 g/mol. The van der Waals surface area contributed by atoms with Crippen LogP contribution in [0.3, 0.4) is 0 Å². The first-order chi connectivity index (χ1) is 12.7. The summed E-state index contributed by atoms with van der Waals surface area (Å²) in [6, 6.07) is 12.0. The molecule has 144 valence electrons. The normalized spacial score (nSPS) is 13.2. The molecule has 0 aliphatic heterocycles. The minimum Gasteiger partial charge on any atom is -0.351 e. The number of nitrogens with one attached hydrogen (secondary N) is 1. The molecule has 0 unspecified atom stereocenters. The highest BCUT2D eigenvalue weighted by molar-refractivity contribution is 7.89. The molecule has 0 spiro atoms. The van der Waals surface area contributed by atoms with E-state index >= 15 is 0 Å². The van der Waals surface area contributed by atoms with Gasteiger partial charge in [-0.1, -0.05) is 36.8 Å². The molecule has 3 rings (SSSR count). The molecule has 27 heavy (non-hydrogen) atoms. The average molecular weight is 385 g/mol. The van der Waals surface area contributed by atoms with Crippen LogP contribution in [0.2, 0.25) is 0 Å². The molecule has 5 heteroatoms. The van der Waals surface area contributed by atoms with Crippen molar-refractivity contribution in [3.8, 4) is 0 Å². The van der Waals surface area contributed by atoms with E-state index in [1.54, 1.807) is 0 Å². The second kappa shape index (κ2) is 7.49. The number of hydrogen-bond donors (Lipinski definition) is 1. The second-order valence-electron chi connectivity index (χ2n) is 7.44. The third-order valence-corrected chi connectivity index (χ3v) is 7.00. The van der Waals surface area contributed by atoms with E-state index in [9.17, 15) is 8.42 Å². The number of hydrogen-bond acceptors (Lipinski definition) is 2. The predicted molar refractivity (Wildman–Crippen MR) is 112 cm³/mol. The van der Waals surface area contributed by atoms with Crippen molar-refractivity contribution in [1.82, 2.24) is 9.29 Å². The van der Waals surface area contributed by atoms with Crippen LogP contribution in [-0.4, -0.2) is 19.0 Å². The van der Waals surface area contributed by atoms with E-state index in [1.807, 2.05) is 59.1 Å². The molecular formula is C22H28N2O2S. The maximum Gasteiger partial charge on any atom is 0.241 e. The maximum absolute atomic E-state index is 13.1. The molecule has 1 aromatic heterocycles. The van der Waals surface area contributed by atoms with Crippen molar-refractivity contribution in [2.24, 2.45) is 7.05 Å². The SMILES string of the molecule is CC[C@@H](Cc1cccc2c1ccn2C)NS(=O)(=O)c1c(C)cc(C)cc1C. The topological polar surface area (TPSA) is 51.1 Å². The third-order valence-electron chi connectivity index (χ3n) is 5.17. The summed E-state index contributed by atoms with van der Waals surface area (Å²) in [6.45, 7) is 7.73. The van der Waals surface area contributed by atoms with Gasteiger partial charge in [0.1, 0.15) is 0 Å². The number of sulfonamides is 1. The van der Waals surface area contributed by atoms with Crippen LogP contribution in [0.5, 0.6) is 0 Å². The fraction of sp³-hybridized carbons (Fsp3) is 0.364. The summed E-state index contributed by atoms with van der Waals surface area (Å²) in [5, 5.41) is 1.18. The van der Waals surface area contributed by atoms with Gasteiger partial charge in [-0.25, -0.2) is 13.1 Å². The molecule has 0 saturated carbocycles. The zero-order valence-electron chi connectivity index (χ0n) is 16.7. The van der Waals surface area contributed by atoms with Crippen LogP contribution in [0, 0.1) is 20.8 Å². The van der Waals surface area contributed by atoms with Crippen molar-refractivity contribution in [2.45, 2.75) is 51.5 Å². The van der Waals surface area contributed by atoms with Gasteiger partial charge >= 0.3 is 0 Å². The van der Waals surface area contributed by atoms with Gasteiger partial charge in [-0.05, 0) is 62.4 Å². The first-order valence-electron chi connectivity index (χ1n) is 9.36. The standard InChI is InChI=1S/C22H28N2O2S/c1-6-19(14-18-8-7-9-21-20(18)10-11-24(21)5)23-27(25,26)22-16(3)12-15(2)13-17(22)4/h7-13,19,23H,6,14H2,1-5H3/t19-/m0/s1. The molecule has 0 saturated heterocycles. The Morgan fingerprint density at radius 1 is 1.07 bits per heavy atom. The number of benzene rings is 2. The van der Waals surface area contributed by atoms with Crippen LogP contribution in [0.25, 0.3) is 10.9 Å². The van der Waals surface area contributed by atoms with Crippen LogP contribution in [-0.2, 0) is 23.5 Å². The molecule has 1 N–H and O–H groups in total. The van der Waals surface area contributed by atoms with Crippen molar-refractivity contribution in [2.75, 3.05) is 0 Å². The van der Waals surface area contributed by atoms with Gasteiger partial charge in [0.25, 0.3) is 0 Å². The Kier molecular flexibility index (Phi) is 5.45. The van der Waals surface area contributed by atoms with Crippen molar-refractivity contribution in [3.63, 3.8) is 0 Å². The highest BCUT2D eigenvalue weighted by Crippen LogP contribution is 2.24. The van der Waals surface area contributed by atoms with E-state index in [-0.39, 0.29) is 6.04 Å². The minimum atomic E-state index is -3.57. The summed E-state index contributed by atoms with van der Waals surface area (Å²) >= 11 is 0. The van der Waals surface area contributed by atoms with E-state index in [4.69, 9.17) is 0 Å². The zero-order chi connectivity index (χ0) is 19.8. The Hall–Kier alpha value is -2.11. The molecule has 0 fully saturated rings. The van der Waals surface area contributed by atoms with Crippen LogP contribution >= 0.6 is 0 Å². The van der Waals surface area contributed by atoms with Gasteiger partial charge in [0.2, 0.25) is 10.0 Å². The molecule has 4 nitrogen and oxygen atoms in total. The predicted octanol–water partition coefficient (Wildman–Crippen LogP) is 4.40. The molecule has 0 aliphatic carbocycles. The molecule has 3 aromatic rings. The van der Waals surface area contributed by atoms with Gasteiger partial charge in [0.15, 0.2) is 0 Å². The number of rotatable bonds is 6. The number of aryl methyl sites for hydroxylation is 4. The van der Waals surface area contributed by atoms with Gasteiger partial charge < -0.3 is 4.57 Å². The Bertz CT molecular complexity index is 1060.